The highest BCUT2D eigenvalue weighted by atomic mass is 79.9. The topological polar surface area (TPSA) is 62.3 Å². The second-order valence-corrected chi connectivity index (χ2v) is 8.71. The third kappa shape index (κ3) is 7.95. The Balaban J connectivity index is 1.70. The Morgan fingerprint density at radius 2 is 1.62 bits per heavy atom. The molecule has 8 heteroatoms. The van der Waals surface area contributed by atoms with Crippen LogP contribution in [0.2, 0.25) is 0 Å². The minimum atomic E-state index is -0.352. The van der Waals surface area contributed by atoms with Crippen LogP contribution in [0.25, 0.3) is 0 Å². The largest absolute Gasteiger partial charge is 0.415 e. The minimum absolute atomic E-state index is 0.00386. The summed E-state index contributed by atoms with van der Waals surface area (Å²) in [6.45, 7) is 1.63. The summed E-state index contributed by atoms with van der Waals surface area (Å²) < 4.78 is 12.2. The number of likely N-dealkylation sites (N-methyl/N-ethyl adjacent to an activating group) is 2. The van der Waals surface area contributed by atoms with Gasteiger partial charge in [-0.2, -0.15) is 0 Å². The number of hydrogen-bond acceptors (Lipinski definition) is 5. The summed E-state index contributed by atoms with van der Waals surface area (Å²) in [6.07, 6.45) is 3.04. The molecule has 0 aromatic heterocycles. The van der Waals surface area contributed by atoms with E-state index in [-0.39, 0.29) is 30.8 Å². The lowest BCUT2D eigenvalue weighted by Crippen LogP contribution is -2.42. The van der Waals surface area contributed by atoms with Crippen LogP contribution >= 0.6 is 15.9 Å². The lowest BCUT2D eigenvalue weighted by Gasteiger charge is -2.34. The molecule has 1 aliphatic rings. The van der Waals surface area contributed by atoms with Gasteiger partial charge >= 0.3 is 6.09 Å². The molecule has 1 fully saturated rings. The fourth-order valence-corrected chi connectivity index (χ4v) is 3.46. The number of carbonyl (C=O) groups is 2. The van der Waals surface area contributed by atoms with Gasteiger partial charge in [-0.05, 0) is 64.0 Å². The highest BCUT2D eigenvalue weighted by molar-refractivity contribution is 9.10. The van der Waals surface area contributed by atoms with E-state index < -0.39 is 0 Å². The molecule has 0 heterocycles. The molecular formula is C21H32BrN3O4. The van der Waals surface area contributed by atoms with Gasteiger partial charge in [-0.15, -0.1) is 0 Å². The Morgan fingerprint density at radius 1 is 1.00 bits per heavy atom. The molecule has 2 amide bonds. The number of hydrogen-bond donors (Lipinski definition) is 0. The highest BCUT2D eigenvalue weighted by Gasteiger charge is 2.28. The summed E-state index contributed by atoms with van der Waals surface area (Å²) in [4.78, 5) is 30.0. The van der Waals surface area contributed by atoms with Crippen LogP contribution in [0.15, 0.2) is 28.7 Å². The average molecular weight is 470 g/mol. The van der Waals surface area contributed by atoms with Crippen LogP contribution in [0.1, 0.15) is 25.7 Å². The maximum atomic E-state index is 12.4. The van der Waals surface area contributed by atoms with Crippen molar-refractivity contribution in [1.29, 1.82) is 0 Å². The summed E-state index contributed by atoms with van der Waals surface area (Å²) in [7, 11) is 7.55. The van der Waals surface area contributed by atoms with E-state index in [1.807, 2.05) is 31.1 Å². The van der Waals surface area contributed by atoms with Crippen molar-refractivity contribution in [2.24, 2.45) is 0 Å². The Bertz CT molecular complexity index is 660. The molecule has 2 rings (SSSR count). The zero-order valence-electron chi connectivity index (χ0n) is 17.8. The molecular weight excluding hydrogens is 438 g/mol. The standard InChI is InChI=1S/C21H32BrN3O4/c1-23(2)13-14-24(3)20(26)15-28-18-11-7-17(8-12-18)25(4)21(27)29-19-9-5-16(22)6-10-19/h5-6,9-10,17-18H,7-8,11-15H2,1-4H3. The van der Waals surface area contributed by atoms with Crippen molar-refractivity contribution in [3.8, 4) is 5.75 Å². The zero-order valence-corrected chi connectivity index (χ0v) is 19.4. The summed E-state index contributed by atoms with van der Waals surface area (Å²) >= 11 is 3.36. The molecule has 0 saturated heterocycles. The minimum Gasteiger partial charge on any atom is -0.410 e. The van der Waals surface area contributed by atoms with Crippen LogP contribution in [-0.4, -0.2) is 86.7 Å². The number of ether oxygens (including phenoxy) is 2. The van der Waals surface area contributed by atoms with Gasteiger partial charge in [-0.25, -0.2) is 4.79 Å². The second kappa shape index (κ2) is 11.5. The molecule has 0 aliphatic heterocycles. The van der Waals surface area contributed by atoms with E-state index in [2.05, 4.69) is 15.9 Å². The van der Waals surface area contributed by atoms with E-state index in [0.29, 0.717) is 12.3 Å². The van der Waals surface area contributed by atoms with Gasteiger partial charge in [0, 0.05) is 37.7 Å². The van der Waals surface area contributed by atoms with Crippen molar-refractivity contribution in [3.05, 3.63) is 28.7 Å². The quantitative estimate of drug-likeness (QED) is 0.584. The molecule has 7 nitrogen and oxygen atoms in total. The first-order chi connectivity index (χ1) is 13.8. The summed E-state index contributed by atoms with van der Waals surface area (Å²) in [5, 5.41) is 0. The van der Waals surface area contributed by atoms with E-state index in [9.17, 15) is 9.59 Å². The van der Waals surface area contributed by atoms with Crippen LogP contribution in [0.5, 0.6) is 5.75 Å². The van der Waals surface area contributed by atoms with Crippen molar-refractivity contribution in [1.82, 2.24) is 14.7 Å². The Morgan fingerprint density at radius 3 is 2.21 bits per heavy atom. The lowest BCUT2D eigenvalue weighted by molar-refractivity contribution is -0.137. The molecule has 0 bridgehead atoms. The van der Waals surface area contributed by atoms with E-state index in [0.717, 1.165) is 36.7 Å². The normalized spacial score (nSPS) is 19.1. The van der Waals surface area contributed by atoms with E-state index >= 15 is 0 Å². The molecule has 1 aliphatic carbocycles. The summed E-state index contributed by atoms with van der Waals surface area (Å²) in [6, 6.07) is 7.31. The first kappa shape index (κ1) is 23.6. The Labute approximate surface area is 182 Å². The van der Waals surface area contributed by atoms with Crippen molar-refractivity contribution >= 4 is 27.9 Å². The fraction of sp³-hybridized carbons (Fsp3) is 0.619. The number of halogens is 1. The van der Waals surface area contributed by atoms with Crippen molar-refractivity contribution in [2.45, 2.75) is 37.8 Å². The third-order valence-electron chi connectivity index (χ3n) is 5.25. The summed E-state index contributed by atoms with van der Waals surface area (Å²) in [5.74, 6) is 0.531. The molecule has 0 radical (unpaired) electrons. The number of benzene rings is 1. The second-order valence-electron chi connectivity index (χ2n) is 7.79. The molecule has 0 N–H and O–H groups in total. The van der Waals surface area contributed by atoms with Crippen LogP contribution < -0.4 is 4.74 Å². The fourth-order valence-electron chi connectivity index (χ4n) is 3.20. The monoisotopic (exact) mass is 469 g/mol. The molecule has 1 aromatic rings. The maximum absolute atomic E-state index is 12.4. The number of carbonyl (C=O) groups excluding carboxylic acids is 2. The molecule has 0 spiro atoms. The van der Waals surface area contributed by atoms with Gasteiger partial charge in [0.2, 0.25) is 5.91 Å². The van der Waals surface area contributed by atoms with Crippen molar-refractivity contribution in [3.63, 3.8) is 0 Å². The van der Waals surface area contributed by atoms with Gasteiger partial charge in [0.05, 0.1) is 6.10 Å². The smallest absolute Gasteiger partial charge is 0.410 e. The molecule has 162 valence electrons. The van der Waals surface area contributed by atoms with E-state index in [4.69, 9.17) is 9.47 Å². The Kier molecular flexibility index (Phi) is 9.39. The van der Waals surface area contributed by atoms with Crippen LogP contribution in [0, 0.1) is 0 Å². The lowest BCUT2D eigenvalue weighted by atomic mass is 9.92. The Hall–Kier alpha value is -1.64. The maximum Gasteiger partial charge on any atom is 0.415 e. The first-order valence-electron chi connectivity index (χ1n) is 9.96. The summed E-state index contributed by atoms with van der Waals surface area (Å²) in [5.41, 5.74) is 0. The van der Waals surface area contributed by atoms with Gasteiger partial charge in [-0.1, -0.05) is 15.9 Å². The van der Waals surface area contributed by atoms with Gasteiger partial charge in [-0.3, -0.25) is 4.79 Å². The van der Waals surface area contributed by atoms with Gasteiger partial charge in [0.15, 0.2) is 0 Å². The van der Waals surface area contributed by atoms with Crippen LogP contribution in [-0.2, 0) is 9.53 Å². The van der Waals surface area contributed by atoms with Crippen molar-refractivity contribution in [2.75, 3.05) is 47.9 Å². The van der Waals surface area contributed by atoms with E-state index in [1.165, 1.54) is 0 Å². The number of amides is 2. The van der Waals surface area contributed by atoms with Gasteiger partial charge in [0.25, 0.3) is 0 Å². The van der Waals surface area contributed by atoms with Crippen LogP contribution in [0.3, 0.4) is 0 Å². The molecule has 0 unspecified atom stereocenters. The zero-order chi connectivity index (χ0) is 21.4. The molecule has 29 heavy (non-hydrogen) atoms. The number of nitrogens with zero attached hydrogens (tertiary/aromatic N) is 3. The van der Waals surface area contributed by atoms with Gasteiger partial charge < -0.3 is 24.2 Å². The first-order valence-corrected chi connectivity index (χ1v) is 10.8. The van der Waals surface area contributed by atoms with Crippen molar-refractivity contribution < 1.29 is 19.1 Å². The third-order valence-corrected chi connectivity index (χ3v) is 5.78. The molecule has 0 atom stereocenters. The van der Waals surface area contributed by atoms with E-state index in [1.54, 1.807) is 36.0 Å². The van der Waals surface area contributed by atoms with Crippen LogP contribution in [0.4, 0.5) is 4.79 Å². The highest BCUT2D eigenvalue weighted by Crippen LogP contribution is 2.25. The predicted octanol–water partition coefficient (Wildman–Crippen LogP) is 3.23. The molecule has 1 saturated carbocycles. The molecule has 1 aromatic carbocycles. The SMILES string of the molecule is CN(C)CCN(C)C(=O)COC1CCC(N(C)C(=O)Oc2ccc(Br)cc2)CC1. The number of rotatable bonds is 8. The predicted molar refractivity (Wildman–Crippen MR) is 116 cm³/mol. The average Bonchev–Trinajstić information content (AvgIpc) is 2.71. The van der Waals surface area contributed by atoms with Gasteiger partial charge in [0.1, 0.15) is 12.4 Å².